The van der Waals surface area contributed by atoms with E-state index in [1.807, 2.05) is 41.3 Å². The summed E-state index contributed by atoms with van der Waals surface area (Å²) in [4.78, 5) is 14.8. The van der Waals surface area contributed by atoms with Crippen LogP contribution < -0.4 is 9.47 Å². The summed E-state index contributed by atoms with van der Waals surface area (Å²) in [6.07, 6.45) is 0.543. The zero-order valence-electron chi connectivity index (χ0n) is 15.1. The van der Waals surface area contributed by atoms with Crippen LogP contribution in [-0.2, 0) is 11.3 Å². The van der Waals surface area contributed by atoms with E-state index in [4.69, 9.17) is 9.47 Å². The molecule has 1 unspecified atom stereocenters. The van der Waals surface area contributed by atoms with Gasteiger partial charge in [-0.1, -0.05) is 50.2 Å². The number of hydrogen-bond donors (Lipinski definition) is 0. The molecule has 3 rings (SSSR count). The molecule has 1 aliphatic rings. The first-order valence-electron chi connectivity index (χ1n) is 8.77. The lowest BCUT2D eigenvalue weighted by Gasteiger charge is -2.30. The van der Waals surface area contributed by atoms with Crippen LogP contribution in [0.4, 0.5) is 0 Å². The van der Waals surface area contributed by atoms with Crippen LogP contribution in [0, 0.1) is 5.92 Å². The Kier molecular flexibility index (Phi) is 5.27. The predicted octanol–water partition coefficient (Wildman–Crippen LogP) is 4.55. The molecule has 0 N–H and O–H groups in total. The Morgan fingerprint density at radius 1 is 1.04 bits per heavy atom. The molecule has 1 atom stereocenters. The molecule has 4 nitrogen and oxygen atoms in total. The first kappa shape index (κ1) is 17.3. The molecule has 0 bridgehead atoms. The second-order valence-electron chi connectivity index (χ2n) is 6.89. The van der Waals surface area contributed by atoms with Crippen molar-refractivity contribution in [3.8, 4) is 11.5 Å². The summed E-state index contributed by atoms with van der Waals surface area (Å²) >= 11 is 0. The summed E-state index contributed by atoms with van der Waals surface area (Å²) in [5.74, 6) is 2.01. The Morgan fingerprint density at radius 3 is 2.48 bits per heavy atom. The molecule has 1 heterocycles. The standard InChI is InChI=1S/C21H25NO3/c1-15(2)11-21(23)22(16(3)18-7-5-4-6-8-18)13-17-9-10-19-20(12-17)25-14-24-19/h4-10,12,15-16H,11,13-14H2,1-3H3. The van der Waals surface area contributed by atoms with Gasteiger partial charge in [-0.05, 0) is 36.1 Å². The number of hydrogen-bond acceptors (Lipinski definition) is 3. The van der Waals surface area contributed by atoms with E-state index in [-0.39, 0.29) is 18.7 Å². The van der Waals surface area contributed by atoms with E-state index in [1.54, 1.807) is 0 Å². The van der Waals surface area contributed by atoms with Gasteiger partial charge in [0.15, 0.2) is 11.5 Å². The first-order valence-corrected chi connectivity index (χ1v) is 8.77. The van der Waals surface area contributed by atoms with E-state index in [9.17, 15) is 4.79 Å². The molecular formula is C21H25NO3. The molecule has 0 spiro atoms. The lowest BCUT2D eigenvalue weighted by molar-refractivity contribution is -0.134. The number of ether oxygens (including phenoxy) is 2. The van der Waals surface area contributed by atoms with Crippen molar-refractivity contribution in [1.29, 1.82) is 0 Å². The molecule has 1 aliphatic heterocycles. The largest absolute Gasteiger partial charge is 0.454 e. The number of amides is 1. The molecular weight excluding hydrogens is 314 g/mol. The number of nitrogens with zero attached hydrogens (tertiary/aromatic N) is 1. The van der Waals surface area contributed by atoms with E-state index in [1.165, 1.54) is 0 Å². The molecule has 0 saturated heterocycles. The van der Waals surface area contributed by atoms with Gasteiger partial charge in [0.25, 0.3) is 0 Å². The number of carbonyl (C=O) groups is 1. The van der Waals surface area contributed by atoms with Crippen molar-refractivity contribution in [3.05, 3.63) is 59.7 Å². The quantitative estimate of drug-likeness (QED) is 0.775. The van der Waals surface area contributed by atoms with E-state index < -0.39 is 0 Å². The average Bonchev–Trinajstić information content (AvgIpc) is 3.07. The zero-order chi connectivity index (χ0) is 17.8. The maximum Gasteiger partial charge on any atom is 0.231 e. The van der Waals surface area contributed by atoms with Gasteiger partial charge in [-0.15, -0.1) is 0 Å². The van der Waals surface area contributed by atoms with Crippen LogP contribution in [0.2, 0.25) is 0 Å². The van der Waals surface area contributed by atoms with Gasteiger partial charge in [-0.25, -0.2) is 0 Å². The maximum atomic E-state index is 12.9. The van der Waals surface area contributed by atoms with Crippen molar-refractivity contribution in [1.82, 2.24) is 4.90 Å². The Hall–Kier alpha value is -2.49. The lowest BCUT2D eigenvalue weighted by atomic mass is 10.0. The third kappa shape index (κ3) is 4.13. The van der Waals surface area contributed by atoms with Crippen molar-refractivity contribution < 1.29 is 14.3 Å². The van der Waals surface area contributed by atoms with Crippen molar-refractivity contribution in [2.24, 2.45) is 5.92 Å². The fourth-order valence-corrected chi connectivity index (χ4v) is 3.06. The van der Waals surface area contributed by atoms with Gasteiger partial charge in [0.1, 0.15) is 0 Å². The minimum absolute atomic E-state index is 0.0119. The van der Waals surface area contributed by atoms with Crippen LogP contribution in [0.1, 0.15) is 44.4 Å². The summed E-state index contributed by atoms with van der Waals surface area (Å²) in [5, 5.41) is 0. The van der Waals surface area contributed by atoms with Crippen LogP contribution in [0.5, 0.6) is 11.5 Å². The molecule has 1 amide bonds. The zero-order valence-corrected chi connectivity index (χ0v) is 15.1. The number of benzene rings is 2. The smallest absolute Gasteiger partial charge is 0.231 e. The Morgan fingerprint density at radius 2 is 1.76 bits per heavy atom. The summed E-state index contributed by atoms with van der Waals surface area (Å²) in [6, 6.07) is 16.0. The van der Waals surface area contributed by atoms with Gasteiger partial charge in [-0.3, -0.25) is 4.79 Å². The van der Waals surface area contributed by atoms with Crippen molar-refractivity contribution in [2.45, 2.75) is 39.8 Å². The van der Waals surface area contributed by atoms with Gasteiger partial charge in [0.05, 0.1) is 6.04 Å². The van der Waals surface area contributed by atoms with Gasteiger partial charge < -0.3 is 14.4 Å². The summed E-state index contributed by atoms with van der Waals surface area (Å²) in [5.41, 5.74) is 2.18. The van der Waals surface area contributed by atoms with Crippen molar-refractivity contribution >= 4 is 5.91 Å². The molecule has 0 fully saturated rings. The molecule has 132 valence electrons. The highest BCUT2D eigenvalue weighted by atomic mass is 16.7. The minimum Gasteiger partial charge on any atom is -0.454 e. The second kappa shape index (κ2) is 7.60. The van der Waals surface area contributed by atoms with Crippen LogP contribution in [-0.4, -0.2) is 17.6 Å². The molecule has 25 heavy (non-hydrogen) atoms. The fourth-order valence-electron chi connectivity index (χ4n) is 3.06. The van der Waals surface area contributed by atoms with Gasteiger partial charge in [0, 0.05) is 13.0 Å². The van der Waals surface area contributed by atoms with Crippen LogP contribution in [0.25, 0.3) is 0 Å². The fraction of sp³-hybridized carbons (Fsp3) is 0.381. The third-order valence-corrected chi connectivity index (χ3v) is 4.44. The summed E-state index contributed by atoms with van der Waals surface area (Å²) < 4.78 is 10.8. The van der Waals surface area contributed by atoms with E-state index in [0.717, 1.165) is 22.6 Å². The Balaban J connectivity index is 1.84. The molecule has 0 saturated carbocycles. The maximum absolute atomic E-state index is 12.9. The first-order chi connectivity index (χ1) is 12.0. The molecule has 2 aromatic rings. The highest BCUT2D eigenvalue weighted by molar-refractivity contribution is 5.77. The molecule has 0 aromatic heterocycles. The Bertz CT molecular complexity index is 727. The third-order valence-electron chi connectivity index (χ3n) is 4.44. The van der Waals surface area contributed by atoms with Crippen LogP contribution in [0.3, 0.4) is 0 Å². The van der Waals surface area contributed by atoms with Crippen molar-refractivity contribution in [3.63, 3.8) is 0 Å². The van der Waals surface area contributed by atoms with Gasteiger partial charge in [0.2, 0.25) is 12.7 Å². The summed E-state index contributed by atoms with van der Waals surface area (Å²) in [7, 11) is 0. The molecule has 0 radical (unpaired) electrons. The SMILES string of the molecule is CC(C)CC(=O)N(Cc1ccc2c(c1)OCO2)C(C)c1ccccc1. The van der Waals surface area contributed by atoms with E-state index in [0.29, 0.717) is 18.9 Å². The predicted molar refractivity (Wildman–Crippen MR) is 97.4 cm³/mol. The second-order valence-corrected chi connectivity index (χ2v) is 6.89. The number of carbonyl (C=O) groups excluding carboxylic acids is 1. The summed E-state index contributed by atoms with van der Waals surface area (Å²) in [6.45, 7) is 7.04. The highest BCUT2D eigenvalue weighted by Gasteiger charge is 2.23. The van der Waals surface area contributed by atoms with Crippen LogP contribution >= 0.6 is 0 Å². The van der Waals surface area contributed by atoms with E-state index in [2.05, 4.69) is 32.9 Å². The number of rotatable bonds is 6. The topological polar surface area (TPSA) is 38.8 Å². The minimum atomic E-state index is 0.0119. The van der Waals surface area contributed by atoms with Crippen molar-refractivity contribution in [2.75, 3.05) is 6.79 Å². The molecule has 2 aromatic carbocycles. The van der Waals surface area contributed by atoms with Crippen LogP contribution in [0.15, 0.2) is 48.5 Å². The number of fused-ring (bicyclic) bond motifs is 1. The van der Waals surface area contributed by atoms with E-state index >= 15 is 0 Å². The highest BCUT2D eigenvalue weighted by Crippen LogP contribution is 2.33. The monoisotopic (exact) mass is 339 g/mol. The average molecular weight is 339 g/mol. The Labute approximate surface area is 149 Å². The normalized spacial score (nSPS) is 13.8. The lowest BCUT2D eigenvalue weighted by Crippen LogP contribution is -2.33. The van der Waals surface area contributed by atoms with Gasteiger partial charge in [-0.2, -0.15) is 0 Å². The molecule has 4 heteroatoms. The molecule has 0 aliphatic carbocycles. The van der Waals surface area contributed by atoms with Gasteiger partial charge >= 0.3 is 0 Å².